The van der Waals surface area contributed by atoms with Gasteiger partial charge in [-0.2, -0.15) is 9.78 Å². The lowest BCUT2D eigenvalue weighted by atomic mass is 9.94. The Balaban J connectivity index is 1.46. The fourth-order valence-corrected chi connectivity index (χ4v) is 4.86. The van der Waals surface area contributed by atoms with E-state index in [1.54, 1.807) is 0 Å². The topological polar surface area (TPSA) is 136 Å². The zero-order valence-electron chi connectivity index (χ0n) is 21.6. The maximum atomic E-state index is 13.1. The van der Waals surface area contributed by atoms with Gasteiger partial charge in [0.2, 0.25) is 0 Å². The summed E-state index contributed by atoms with van der Waals surface area (Å²) in [6.07, 6.45) is 5.01. The monoisotopic (exact) mass is 556 g/mol. The molecule has 11 heteroatoms. The number of hydrogen-bond acceptors (Lipinski definition) is 7. The molecule has 0 unspecified atom stereocenters. The molecule has 1 aliphatic carbocycles. The number of benzene rings is 2. The maximum absolute atomic E-state index is 13.1. The first-order chi connectivity index (χ1) is 18.8. The number of aromatic nitrogens is 3. The van der Waals surface area contributed by atoms with Crippen LogP contribution in [0, 0.1) is 0 Å². The number of aliphatic hydroxyl groups is 2. The van der Waals surface area contributed by atoms with Gasteiger partial charge in [0.15, 0.2) is 0 Å². The van der Waals surface area contributed by atoms with Crippen molar-refractivity contribution in [2.45, 2.75) is 63.4 Å². The van der Waals surface area contributed by atoms with Gasteiger partial charge in [0.25, 0.3) is 11.5 Å². The molecule has 1 fully saturated rings. The van der Waals surface area contributed by atoms with Crippen LogP contribution in [0.15, 0.2) is 64.3 Å². The summed E-state index contributed by atoms with van der Waals surface area (Å²) in [7, 11) is 0. The molecule has 0 bridgehead atoms. The smallest absolute Gasteiger partial charge is 0.352 e. The van der Waals surface area contributed by atoms with Crippen molar-refractivity contribution in [2.24, 2.45) is 0 Å². The van der Waals surface area contributed by atoms with Crippen molar-refractivity contribution in [1.29, 1.82) is 0 Å². The number of carbonyl (C=O) groups is 1. The molecule has 3 N–H and O–H groups in total. The highest BCUT2D eigenvalue weighted by atomic mass is 35.5. The Labute approximate surface area is 230 Å². The highest BCUT2D eigenvalue weighted by Gasteiger charge is 2.29. The van der Waals surface area contributed by atoms with Crippen molar-refractivity contribution >= 4 is 17.5 Å². The molecule has 0 aliphatic heterocycles. The van der Waals surface area contributed by atoms with E-state index in [1.165, 1.54) is 18.2 Å². The molecule has 1 aromatic heterocycles. The Hall–Kier alpha value is -3.31. The van der Waals surface area contributed by atoms with E-state index in [0.717, 1.165) is 46.7 Å². The number of rotatable bonds is 10. The molecular formula is C28H33ClN4O6. The van der Waals surface area contributed by atoms with E-state index in [9.17, 15) is 24.6 Å². The summed E-state index contributed by atoms with van der Waals surface area (Å²) >= 11 is 6.29. The summed E-state index contributed by atoms with van der Waals surface area (Å²) < 4.78 is 7.34. The third-order valence-corrected chi connectivity index (χ3v) is 7.16. The van der Waals surface area contributed by atoms with Crippen molar-refractivity contribution in [3.8, 4) is 5.69 Å². The van der Waals surface area contributed by atoms with Gasteiger partial charge < -0.3 is 20.3 Å². The Morgan fingerprint density at radius 2 is 1.82 bits per heavy atom. The number of ether oxygens (including phenoxy) is 1. The lowest BCUT2D eigenvalue weighted by Gasteiger charge is -2.26. The highest BCUT2D eigenvalue weighted by molar-refractivity contribution is 6.33. The summed E-state index contributed by atoms with van der Waals surface area (Å²) in [6, 6.07) is 13.8. The van der Waals surface area contributed by atoms with Crippen molar-refractivity contribution in [2.75, 3.05) is 13.2 Å². The van der Waals surface area contributed by atoms with Crippen LogP contribution < -0.4 is 16.6 Å². The van der Waals surface area contributed by atoms with Crippen LogP contribution in [0.4, 0.5) is 0 Å². The lowest BCUT2D eigenvalue weighted by molar-refractivity contribution is 0.0191. The SMILES string of the molecule is O=C(NCC1(O)CCCCCC1)c1cc(-n2ncc(=O)n(C[C@@H](O)COCc3ccccc3)c2=O)ccc1Cl. The van der Waals surface area contributed by atoms with Crippen LogP contribution in [-0.4, -0.2) is 55.3 Å². The molecule has 2 aromatic carbocycles. The van der Waals surface area contributed by atoms with Crippen molar-refractivity contribution in [3.63, 3.8) is 0 Å². The molecular weight excluding hydrogens is 524 g/mol. The van der Waals surface area contributed by atoms with Gasteiger partial charge in [0.05, 0.1) is 47.7 Å². The average molecular weight is 557 g/mol. The maximum Gasteiger partial charge on any atom is 0.352 e. The van der Waals surface area contributed by atoms with Gasteiger partial charge in [-0.25, -0.2) is 4.79 Å². The van der Waals surface area contributed by atoms with Gasteiger partial charge in [-0.1, -0.05) is 67.6 Å². The van der Waals surface area contributed by atoms with E-state index in [1.807, 2.05) is 30.3 Å². The predicted octanol–water partition coefficient (Wildman–Crippen LogP) is 2.44. The van der Waals surface area contributed by atoms with Crippen LogP contribution in [0.5, 0.6) is 0 Å². The molecule has 39 heavy (non-hydrogen) atoms. The van der Waals surface area contributed by atoms with E-state index in [2.05, 4.69) is 10.4 Å². The van der Waals surface area contributed by atoms with Gasteiger partial charge in [-0.05, 0) is 36.6 Å². The van der Waals surface area contributed by atoms with Crippen LogP contribution >= 0.6 is 11.6 Å². The molecule has 1 aliphatic rings. The number of aliphatic hydroxyl groups excluding tert-OH is 1. The molecule has 1 heterocycles. The Morgan fingerprint density at radius 3 is 2.54 bits per heavy atom. The van der Waals surface area contributed by atoms with Gasteiger partial charge >= 0.3 is 5.69 Å². The second-order valence-corrected chi connectivity index (χ2v) is 10.3. The molecule has 0 radical (unpaired) electrons. The summed E-state index contributed by atoms with van der Waals surface area (Å²) in [5.74, 6) is -0.494. The van der Waals surface area contributed by atoms with E-state index >= 15 is 0 Å². The number of hydrogen-bond donors (Lipinski definition) is 3. The fraction of sp³-hybridized carbons (Fsp3) is 0.429. The van der Waals surface area contributed by atoms with E-state index in [0.29, 0.717) is 12.8 Å². The molecule has 4 rings (SSSR count). The first-order valence-corrected chi connectivity index (χ1v) is 13.4. The van der Waals surface area contributed by atoms with E-state index < -0.39 is 28.9 Å². The third kappa shape index (κ3) is 7.63. The number of nitrogens with zero attached hydrogens (tertiary/aromatic N) is 3. The molecule has 3 aromatic rings. The van der Waals surface area contributed by atoms with Gasteiger partial charge in [0.1, 0.15) is 6.20 Å². The van der Waals surface area contributed by atoms with Crippen LogP contribution in [0.25, 0.3) is 5.69 Å². The number of nitrogens with one attached hydrogen (secondary N) is 1. The molecule has 208 valence electrons. The van der Waals surface area contributed by atoms with E-state index in [-0.39, 0.29) is 42.6 Å². The Morgan fingerprint density at radius 1 is 1.10 bits per heavy atom. The zero-order valence-corrected chi connectivity index (χ0v) is 22.3. The van der Waals surface area contributed by atoms with Crippen molar-refractivity contribution in [3.05, 3.63) is 91.7 Å². The van der Waals surface area contributed by atoms with Gasteiger partial charge in [0, 0.05) is 6.54 Å². The molecule has 10 nitrogen and oxygen atoms in total. The highest BCUT2D eigenvalue weighted by Crippen LogP contribution is 2.27. The summed E-state index contributed by atoms with van der Waals surface area (Å²) in [5.41, 5.74) is -1.18. The number of amides is 1. The Bertz CT molecular complexity index is 1380. The standard InChI is InChI=1S/C28H33ClN4O6/c29-24-11-10-21(14-23(24)26(36)30-19-28(38)12-6-1-2-7-13-28)33-27(37)32(25(35)15-31-33)16-22(34)18-39-17-20-8-4-3-5-9-20/h3-5,8-11,14-15,22,34,38H,1-2,6-7,12-13,16-19H2,(H,30,36)/t22-/m1/s1. The molecule has 0 spiro atoms. The lowest BCUT2D eigenvalue weighted by Crippen LogP contribution is -2.43. The average Bonchev–Trinajstić information content (AvgIpc) is 3.15. The van der Waals surface area contributed by atoms with Gasteiger partial charge in [-0.3, -0.25) is 14.2 Å². The minimum Gasteiger partial charge on any atom is -0.389 e. The molecule has 0 saturated heterocycles. The molecule has 1 saturated carbocycles. The normalized spacial score (nSPS) is 15.9. The summed E-state index contributed by atoms with van der Waals surface area (Å²) in [4.78, 5) is 38.5. The fourth-order valence-electron chi connectivity index (χ4n) is 4.65. The van der Waals surface area contributed by atoms with Crippen LogP contribution in [0.2, 0.25) is 5.02 Å². The van der Waals surface area contributed by atoms with Gasteiger partial charge in [-0.15, -0.1) is 0 Å². The van der Waals surface area contributed by atoms with Crippen molar-refractivity contribution in [1.82, 2.24) is 19.7 Å². The summed E-state index contributed by atoms with van der Waals surface area (Å²) in [6.45, 7) is -0.00467. The first kappa shape index (κ1) is 28.7. The second kappa shape index (κ2) is 13.2. The predicted molar refractivity (Wildman–Crippen MR) is 146 cm³/mol. The number of carbonyl (C=O) groups excluding carboxylic acids is 1. The Kier molecular flexibility index (Phi) is 9.68. The van der Waals surface area contributed by atoms with Crippen molar-refractivity contribution < 1.29 is 19.7 Å². The molecule has 1 atom stereocenters. The largest absolute Gasteiger partial charge is 0.389 e. The number of halogens is 1. The second-order valence-electron chi connectivity index (χ2n) is 9.93. The van der Waals surface area contributed by atoms with Crippen LogP contribution in [0.1, 0.15) is 54.4 Å². The minimum absolute atomic E-state index is 0.0826. The quantitative estimate of drug-likeness (QED) is 0.326. The summed E-state index contributed by atoms with van der Waals surface area (Å²) in [5, 5.41) is 28.1. The molecule has 1 amide bonds. The zero-order chi connectivity index (χ0) is 27.8. The van der Waals surface area contributed by atoms with E-state index in [4.69, 9.17) is 16.3 Å². The van der Waals surface area contributed by atoms with Crippen LogP contribution in [0.3, 0.4) is 0 Å². The first-order valence-electron chi connectivity index (χ1n) is 13.1. The minimum atomic E-state index is -1.11. The third-order valence-electron chi connectivity index (χ3n) is 6.83. The van der Waals surface area contributed by atoms with Crippen LogP contribution in [-0.2, 0) is 17.9 Å².